The summed E-state index contributed by atoms with van der Waals surface area (Å²) in [7, 11) is 0. The van der Waals surface area contributed by atoms with E-state index in [9.17, 15) is 0 Å². The molecule has 3 rings (SSSR count). The number of nitrogens with zero attached hydrogens (tertiary/aromatic N) is 4. The number of hydrogen-bond donors (Lipinski definition) is 1. The Labute approximate surface area is 147 Å². The van der Waals surface area contributed by atoms with Crippen molar-refractivity contribution in [1.29, 1.82) is 0 Å². The minimum Gasteiger partial charge on any atom is -0.379 e. The number of nitrogens with one attached hydrogen (secondary N) is 1. The molecule has 0 bridgehead atoms. The van der Waals surface area contributed by atoms with Crippen LogP contribution in [0.3, 0.4) is 0 Å². The molecular formula is C18H23N5S. The molecule has 0 fully saturated rings. The predicted octanol–water partition coefficient (Wildman–Crippen LogP) is 4.10. The van der Waals surface area contributed by atoms with Crippen LogP contribution < -0.4 is 10.2 Å². The van der Waals surface area contributed by atoms with Crippen LogP contribution in [-0.2, 0) is 6.54 Å². The summed E-state index contributed by atoms with van der Waals surface area (Å²) >= 11 is 1.62. The molecule has 1 N–H and O–H groups in total. The monoisotopic (exact) mass is 341 g/mol. The summed E-state index contributed by atoms with van der Waals surface area (Å²) in [4.78, 5) is 2.22. The highest BCUT2D eigenvalue weighted by atomic mass is 32.1. The highest BCUT2D eigenvalue weighted by Crippen LogP contribution is 2.24. The zero-order valence-corrected chi connectivity index (χ0v) is 15.2. The normalized spacial score (nSPS) is 10.8. The number of aromatic nitrogens is 3. The fourth-order valence-electron chi connectivity index (χ4n) is 2.54. The van der Waals surface area contributed by atoms with Crippen molar-refractivity contribution in [2.45, 2.75) is 27.3 Å². The topological polar surface area (TPSA) is 46.0 Å². The molecule has 0 unspecified atom stereocenters. The standard InChI is InChI=1S/C18H23N5S/c1-4-22(5-2)17-20-21-18(24-17)23-12-6-7-16(23)13-19-15-10-8-14(3)9-11-15/h6-12,19H,4-5,13H2,1-3H3. The van der Waals surface area contributed by atoms with Crippen molar-refractivity contribution in [1.82, 2.24) is 14.8 Å². The third-order valence-electron chi connectivity index (χ3n) is 4.00. The summed E-state index contributed by atoms with van der Waals surface area (Å²) in [5.74, 6) is 0. The van der Waals surface area contributed by atoms with E-state index in [2.05, 4.69) is 76.1 Å². The van der Waals surface area contributed by atoms with E-state index in [4.69, 9.17) is 0 Å². The number of rotatable bonds is 7. The fraction of sp³-hybridized carbons (Fsp3) is 0.333. The second-order valence-electron chi connectivity index (χ2n) is 5.63. The largest absolute Gasteiger partial charge is 0.379 e. The van der Waals surface area contributed by atoms with Crippen LogP contribution in [0.5, 0.6) is 0 Å². The van der Waals surface area contributed by atoms with Crippen molar-refractivity contribution < 1.29 is 0 Å². The van der Waals surface area contributed by atoms with Crippen LogP contribution in [0.25, 0.3) is 5.13 Å². The lowest BCUT2D eigenvalue weighted by atomic mass is 10.2. The molecule has 24 heavy (non-hydrogen) atoms. The molecule has 0 amide bonds. The van der Waals surface area contributed by atoms with Gasteiger partial charge in [-0.25, -0.2) is 0 Å². The van der Waals surface area contributed by atoms with E-state index < -0.39 is 0 Å². The van der Waals surface area contributed by atoms with Gasteiger partial charge in [0.2, 0.25) is 10.3 Å². The van der Waals surface area contributed by atoms with E-state index >= 15 is 0 Å². The molecule has 0 saturated carbocycles. The van der Waals surface area contributed by atoms with Gasteiger partial charge in [-0.15, -0.1) is 10.2 Å². The van der Waals surface area contributed by atoms with Gasteiger partial charge in [0.1, 0.15) is 0 Å². The average Bonchev–Trinajstić information content (AvgIpc) is 3.24. The predicted molar refractivity (Wildman–Crippen MR) is 101 cm³/mol. The van der Waals surface area contributed by atoms with Gasteiger partial charge in [-0.3, -0.25) is 4.57 Å². The fourth-order valence-corrected chi connectivity index (χ4v) is 3.53. The maximum absolute atomic E-state index is 4.36. The first-order valence-corrected chi connectivity index (χ1v) is 9.08. The van der Waals surface area contributed by atoms with Crippen molar-refractivity contribution in [3.05, 3.63) is 53.9 Å². The van der Waals surface area contributed by atoms with E-state index in [1.54, 1.807) is 11.3 Å². The number of anilines is 2. The number of hydrogen-bond acceptors (Lipinski definition) is 5. The van der Waals surface area contributed by atoms with Gasteiger partial charge in [0.15, 0.2) is 0 Å². The van der Waals surface area contributed by atoms with Crippen molar-refractivity contribution in [3.8, 4) is 5.13 Å². The molecule has 0 aliphatic carbocycles. The van der Waals surface area contributed by atoms with Gasteiger partial charge in [0, 0.05) is 30.7 Å². The molecule has 0 spiro atoms. The maximum atomic E-state index is 4.36. The molecule has 5 nitrogen and oxygen atoms in total. The second-order valence-corrected chi connectivity index (χ2v) is 6.56. The number of aryl methyl sites for hydroxylation is 1. The van der Waals surface area contributed by atoms with Crippen LogP contribution in [0.4, 0.5) is 10.8 Å². The van der Waals surface area contributed by atoms with Crippen molar-refractivity contribution in [3.63, 3.8) is 0 Å². The average molecular weight is 341 g/mol. The molecule has 2 heterocycles. The molecule has 1 aromatic carbocycles. The molecule has 6 heteroatoms. The zero-order valence-electron chi connectivity index (χ0n) is 14.4. The van der Waals surface area contributed by atoms with Crippen LogP contribution in [0.2, 0.25) is 0 Å². The van der Waals surface area contributed by atoms with E-state index in [1.807, 2.05) is 12.3 Å². The van der Waals surface area contributed by atoms with Crippen LogP contribution >= 0.6 is 11.3 Å². The Morgan fingerprint density at radius 2 is 1.83 bits per heavy atom. The minimum absolute atomic E-state index is 0.746. The molecule has 2 aromatic heterocycles. The van der Waals surface area contributed by atoms with E-state index in [0.717, 1.165) is 41.3 Å². The SMILES string of the molecule is CCN(CC)c1nnc(-n2cccc2CNc2ccc(C)cc2)s1. The van der Waals surface area contributed by atoms with Crippen molar-refractivity contribution in [2.24, 2.45) is 0 Å². The van der Waals surface area contributed by atoms with E-state index in [0.29, 0.717) is 0 Å². The van der Waals surface area contributed by atoms with Gasteiger partial charge < -0.3 is 10.2 Å². The molecule has 0 radical (unpaired) electrons. The van der Waals surface area contributed by atoms with Gasteiger partial charge in [-0.1, -0.05) is 29.0 Å². The number of benzene rings is 1. The summed E-state index contributed by atoms with van der Waals surface area (Å²) in [6.45, 7) is 9.00. The summed E-state index contributed by atoms with van der Waals surface area (Å²) in [6.07, 6.45) is 2.04. The smallest absolute Gasteiger partial charge is 0.218 e. The Hall–Kier alpha value is -2.34. The lowest BCUT2D eigenvalue weighted by Crippen LogP contribution is -2.21. The lowest BCUT2D eigenvalue weighted by Gasteiger charge is -2.15. The molecule has 0 aliphatic heterocycles. The third kappa shape index (κ3) is 3.59. The van der Waals surface area contributed by atoms with Gasteiger partial charge >= 0.3 is 0 Å². The Morgan fingerprint density at radius 3 is 2.54 bits per heavy atom. The van der Waals surface area contributed by atoms with Gasteiger partial charge in [-0.2, -0.15) is 0 Å². The van der Waals surface area contributed by atoms with Gasteiger partial charge in [0.05, 0.1) is 6.54 Å². The van der Waals surface area contributed by atoms with Crippen LogP contribution in [-0.4, -0.2) is 27.9 Å². The van der Waals surface area contributed by atoms with Gasteiger partial charge in [0.25, 0.3) is 0 Å². The summed E-state index contributed by atoms with van der Waals surface area (Å²) in [5.41, 5.74) is 3.55. The second kappa shape index (κ2) is 7.49. The first kappa shape index (κ1) is 16.5. The highest BCUT2D eigenvalue weighted by molar-refractivity contribution is 7.17. The summed E-state index contributed by atoms with van der Waals surface area (Å²) < 4.78 is 2.10. The summed E-state index contributed by atoms with van der Waals surface area (Å²) in [5, 5.41) is 14.0. The van der Waals surface area contributed by atoms with Crippen LogP contribution in [0, 0.1) is 6.92 Å². The quantitative estimate of drug-likeness (QED) is 0.703. The van der Waals surface area contributed by atoms with E-state index in [1.165, 1.54) is 5.56 Å². The lowest BCUT2D eigenvalue weighted by molar-refractivity contribution is 0.839. The molecule has 0 aliphatic rings. The zero-order chi connectivity index (χ0) is 16.9. The molecular weight excluding hydrogens is 318 g/mol. The Morgan fingerprint density at radius 1 is 1.08 bits per heavy atom. The van der Waals surface area contributed by atoms with Gasteiger partial charge in [-0.05, 0) is 45.0 Å². The molecule has 0 atom stereocenters. The summed E-state index contributed by atoms with van der Waals surface area (Å²) in [6, 6.07) is 12.6. The first-order valence-electron chi connectivity index (χ1n) is 8.26. The van der Waals surface area contributed by atoms with Crippen LogP contribution in [0.15, 0.2) is 42.6 Å². The Balaban J connectivity index is 1.74. The molecule has 0 saturated heterocycles. The Bertz CT molecular complexity index is 771. The Kier molecular flexibility index (Phi) is 5.15. The first-order chi connectivity index (χ1) is 11.7. The highest BCUT2D eigenvalue weighted by Gasteiger charge is 2.12. The minimum atomic E-state index is 0.746. The molecule has 126 valence electrons. The third-order valence-corrected chi connectivity index (χ3v) is 4.99. The van der Waals surface area contributed by atoms with E-state index in [-0.39, 0.29) is 0 Å². The van der Waals surface area contributed by atoms with Crippen molar-refractivity contribution >= 4 is 22.2 Å². The maximum Gasteiger partial charge on any atom is 0.218 e. The van der Waals surface area contributed by atoms with Crippen molar-refractivity contribution in [2.75, 3.05) is 23.3 Å². The molecule has 3 aromatic rings. The van der Waals surface area contributed by atoms with Crippen LogP contribution in [0.1, 0.15) is 25.1 Å².